The predicted octanol–water partition coefficient (Wildman–Crippen LogP) is 3.28. The van der Waals surface area contributed by atoms with E-state index in [2.05, 4.69) is 53.2 Å². The van der Waals surface area contributed by atoms with Crippen LogP contribution in [0, 0.1) is 12.7 Å². The smallest absolute Gasteiger partial charge is 0.238 e. The van der Waals surface area contributed by atoms with E-state index in [1.54, 1.807) is 18.2 Å². The van der Waals surface area contributed by atoms with Crippen molar-refractivity contribution in [3.63, 3.8) is 0 Å². The highest BCUT2D eigenvalue weighted by Gasteiger charge is 2.25. The molecule has 132 valence electrons. The van der Waals surface area contributed by atoms with Gasteiger partial charge in [0.25, 0.3) is 0 Å². The second-order valence-electron chi connectivity index (χ2n) is 6.64. The van der Waals surface area contributed by atoms with Crippen molar-refractivity contribution in [1.82, 2.24) is 4.90 Å². The summed E-state index contributed by atoms with van der Waals surface area (Å²) in [5.41, 5.74) is 2.70. The van der Waals surface area contributed by atoms with Gasteiger partial charge in [0.1, 0.15) is 5.82 Å². The van der Waals surface area contributed by atoms with Crippen molar-refractivity contribution in [2.45, 2.75) is 19.9 Å². The molecule has 1 aliphatic rings. The van der Waals surface area contributed by atoms with Crippen LogP contribution in [-0.2, 0) is 4.79 Å². The first kappa shape index (κ1) is 17.4. The number of carbonyl (C=O) groups is 1. The first-order chi connectivity index (χ1) is 12.0. The summed E-state index contributed by atoms with van der Waals surface area (Å²) in [4.78, 5) is 16.7. The Morgan fingerprint density at radius 1 is 1.16 bits per heavy atom. The van der Waals surface area contributed by atoms with Gasteiger partial charge < -0.3 is 10.2 Å². The maximum Gasteiger partial charge on any atom is 0.238 e. The lowest BCUT2D eigenvalue weighted by Crippen LogP contribution is -2.53. The van der Waals surface area contributed by atoms with E-state index < -0.39 is 5.82 Å². The number of benzene rings is 2. The van der Waals surface area contributed by atoms with Crippen LogP contribution in [0.15, 0.2) is 48.5 Å². The molecule has 0 aromatic heterocycles. The highest BCUT2D eigenvalue weighted by Crippen LogP contribution is 2.21. The van der Waals surface area contributed by atoms with Gasteiger partial charge in [-0.2, -0.15) is 0 Å². The third kappa shape index (κ3) is 4.37. The summed E-state index contributed by atoms with van der Waals surface area (Å²) in [7, 11) is 0. The fourth-order valence-electron chi connectivity index (χ4n) is 3.25. The third-order valence-corrected chi connectivity index (χ3v) is 4.59. The van der Waals surface area contributed by atoms with Crippen molar-refractivity contribution in [3.8, 4) is 0 Å². The Kier molecular flexibility index (Phi) is 5.34. The van der Waals surface area contributed by atoms with Crippen molar-refractivity contribution < 1.29 is 9.18 Å². The zero-order valence-corrected chi connectivity index (χ0v) is 14.7. The zero-order valence-electron chi connectivity index (χ0n) is 14.7. The number of hydrogen-bond acceptors (Lipinski definition) is 3. The van der Waals surface area contributed by atoms with Gasteiger partial charge in [0.2, 0.25) is 5.91 Å². The number of anilines is 2. The summed E-state index contributed by atoms with van der Waals surface area (Å²) in [6.07, 6.45) is 0. The number of para-hydroxylation sites is 1. The Bertz CT molecular complexity index is 732. The number of halogens is 1. The molecule has 0 bridgehead atoms. The summed E-state index contributed by atoms with van der Waals surface area (Å²) < 4.78 is 13.6. The quantitative estimate of drug-likeness (QED) is 0.927. The number of nitrogens with zero attached hydrogens (tertiary/aromatic N) is 2. The lowest BCUT2D eigenvalue weighted by molar-refractivity contribution is -0.117. The molecule has 1 amide bonds. The molecule has 5 heteroatoms. The lowest BCUT2D eigenvalue weighted by atomic mass is 10.1. The first-order valence-corrected chi connectivity index (χ1v) is 8.63. The van der Waals surface area contributed by atoms with E-state index in [9.17, 15) is 9.18 Å². The molecule has 1 aliphatic heterocycles. The molecule has 0 radical (unpaired) electrons. The van der Waals surface area contributed by atoms with E-state index in [0.717, 1.165) is 19.6 Å². The van der Waals surface area contributed by atoms with E-state index in [0.29, 0.717) is 6.04 Å². The standard InChI is InChI=1S/C20H24FN3O/c1-15-7-9-17(10-8-15)24-12-11-23(13-16(24)2)14-20(25)22-19-6-4-3-5-18(19)21/h3-10,16H,11-14H2,1-2H3,(H,22,25)/t16-/m0/s1. The number of aryl methyl sites for hydroxylation is 1. The number of nitrogens with one attached hydrogen (secondary N) is 1. The SMILES string of the molecule is Cc1ccc(N2CCN(CC(=O)Nc3ccccc3F)C[C@@H]2C)cc1. The highest BCUT2D eigenvalue weighted by molar-refractivity contribution is 5.92. The van der Waals surface area contributed by atoms with E-state index >= 15 is 0 Å². The molecule has 0 saturated carbocycles. The summed E-state index contributed by atoms with van der Waals surface area (Å²) >= 11 is 0. The molecule has 0 spiro atoms. The predicted molar refractivity (Wildman–Crippen MR) is 99.5 cm³/mol. The van der Waals surface area contributed by atoms with Crippen molar-refractivity contribution in [1.29, 1.82) is 0 Å². The van der Waals surface area contributed by atoms with Crippen molar-refractivity contribution >= 4 is 17.3 Å². The van der Waals surface area contributed by atoms with E-state index in [1.165, 1.54) is 17.3 Å². The number of amides is 1. The van der Waals surface area contributed by atoms with Gasteiger partial charge in [0.15, 0.2) is 0 Å². The molecular formula is C20H24FN3O. The van der Waals surface area contributed by atoms with Gasteiger partial charge in [-0.1, -0.05) is 29.8 Å². The molecule has 25 heavy (non-hydrogen) atoms. The van der Waals surface area contributed by atoms with Gasteiger partial charge in [-0.3, -0.25) is 9.69 Å². The van der Waals surface area contributed by atoms with Crippen molar-refractivity contribution in [3.05, 3.63) is 59.9 Å². The number of carbonyl (C=O) groups excluding carboxylic acids is 1. The highest BCUT2D eigenvalue weighted by atomic mass is 19.1. The molecule has 0 unspecified atom stereocenters. The van der Waals surface area contributed by atoms with Gasteiger partial charge in [-0.15, -0.1) is 0 Å². The minimum Gasteiger partial charge on any atom is -0.366 e. The Hall–Kier alpha value is -2.40. The summed E-state index contributed by atoms with van der Waals surface area (Å²) in [6, 6.07) is 15.1. The molecule has 1 fully saturated rings. The fourth-order valence-corrected chi connectivity index (χ4v) is 3.25. The van der Waals surface area contributed by atoms with Crippen LogP contribution in [-0.4, -0.2) is 43.0 Å². The Balaban J connectivity index is 1.55. The van der Waals surface area contributed by atoms with Crippen LogP contribution in [0.2, 0.25) is 0 Å². The Morgan fingerprint density at radius 2 is 1.88 bits per heavy atom. The average Bonchev–Trinajstić information content (AvgIpc) is 2.58. The number of rotatable bonds is 4. The first-order valence-electron chi connectivity index (χ1n) is 8.63. The molecule has 2 aromatic rings. The van der Waals surface area contributed by atoms with E-state index in [-0.39, 0.29) is 18.1 Å². The molecule has 1 saturated heterocycles. The molecule has 3 rings (SSSR count). The zero-order chi connectivity index (χ0) is 17.8. The molecule has 1 N–H and O–H groups in total. The minimum atomic E-state index is -0.409. The normalized spacial score (nSPS) is 18.2. The third-order valence-electron chi connectivity index (χ3n) is 4.59. The maximum atomic E-state index is 13.6. The molecular weight excluding hydrogens is 317 g/mol. The van der Waals surface area contributed by atoms with Crippen LogP contribution in [0.1, 0.15) is 12.5 Å². The van der Waals surface area contributed by atoms with Crippen molar-refractivity contribution in [2.24, 2.45) is 0 Å². The van der Waals surface area contributed by atoms with Crippen LogP contribution >= 0.6 is 0 Å². The maximum absolute atomic E-state index is 13.6. The largest absolute Gasteiger partial charge is 0.366 e. The lowest BCUT2D eigenvalue weighted by Gasteiger charge is -2.41. The molecule has 0 aliphatic carbocycles. The number of hydrogen-bond donors (Lipinski definition) is 1. The summed E-state index contributed by atoms with van der Waals surface area (Å²) in [6.45, 7) is 7.01. The summed E-state index contributed by atoms with van der Waals surface area (Å²) in [5, 5.41) is 2.65. The Labute approximate surface area is 148 Å². The molecule has 1 heterocycles. The van der Waals surface area contributed by atoms with Crippen LogP contribution < -0.4 is 10.2 Å². The van der Waals surface area contributed by atoms with Gasteiger partial charge in [-0.05, 0) is 38.1 Å². The molecule has 4 nitrogen and oxygen atoms in total. The second kappa shape index (κ2) is 7.66. The van der Waals surface area contributed by atoms with Crippen LogP contribution in [0.5, 0.6) is 0 Å². The van der Waals surface area contributed by atoms with Gasteiger partial charge >= 0.3 is 0 Å². The minimum absolute atomic E-state index is 0.180. The van der Waals surface area contributed by atoms with Gasteiger partial charge in [0, 0.05) is 31.4 Å². The Morgan fingerprint density at radius 3 is 2.56 bits per heavy atom. The van der Waals surface area contributed by atoms with Crippen molar-refractivity contribution in [2.75, 3.05) is 36.4 Å². The average molecular weight is 341 g/mol. The van der Waals surface area contributed by atoms with E-state index in [1.807, 2.05) is 0 Å². The fraction of sp³-hybridized carbons (Fsp3) is 0.350. The van der Waals surface area contributed by atoms with Gasteiger partial charge in [0.05, 0.1) is 12.2 Å². The molecule has 1 atom stereocenters. The van der Waals surface area contributed by atoms with Crippen LogP contribution in [0.25, 0.3) is 0 Å². The second-order valence-corrected chi connectivity index (χ2v) is 6.64. The van der Waals surface area contributed by atoms with Crippen LogP contribution in [0.4, 0.5) is 15.8 Å². The summed E-state index contributed by atoms with van der Waals surface area (Å²) in [5.74, 6) is -0.588. The monoisotopic (exact) mass is 341 g/mol. The number of piperazine rings is 1. The van der Waals surface area contributed by atoms with E-state index in [4.69, 9.17) is 0 Å². The topological polar surface area (TPSA) is 35.6 Å². The molecule has 2 aromatic carbocycles. The van der Waals surface area contributed by atoms with Gasteiger partial charge in [-0.25, -0.2) is 4.39 Å². The van der Waals surface area contributed by atoms with Crippen LogP contribution in [0.3, 0.4) is 0 Å².